The van der Waals surface area contributed by atoms with Gasteiger partial charge in [-0.05, 0) is 18.2 Å². The highest BCUT2D eigenvalue weighted by Crippen LogP contribution is 2.33. The third-order valence-electron chi connectivity index (χ3n) is 2.80. The van der Waals surface area contributed by atoms with Gasteiger partial charge in [0.15, 0.2) is 0 Å². The van der Waals surface area contributed by atoms with E-state index in [9.17, 15) is 5.11 Å². The highest BCUT2D eigenvalue weighted by atomic mass is 16.3. The van der Waals surface area contributed by atoms with Crippen LogP contribution in [0, 0.1) is 0 Å². The fraction of sp³-hybridized carbons (Fsp3) is 0.0714. The van der Waals surface area contributed by atoms with Crippen LogP contribution in [0.5, 0.6) is 0 Å². The van der Waals surface area contributed by atoms with E-state index in [1.165, 1.54) is 0 Å². The van der Waals surface area contributed by atoms with Crippen molar-refractivity contribution >= 4 is 11.0 Å². The van der Waals surface area contributed by atoms with Crippen LogP contribution >= 0.6 is 0 Å². The van der Waals surface area contributed by atoms with Crippen LogP contribution in [-0.4, -0.2) is 10.1 Å². The second-order valence-corrected chi connectivity index (χ2v) is 3.80. The number of pyridine rings is 1. The number of rotatable bonds is 2. The lowest BCUT2D eigenvalue weighted by molar-refractivity contribution is 0.282. The second-order valence-electron chi connectivity index (χ2n) is 3.80. The summed E-state index contributed by atoms with van der Waals surface area (Å²) in [6.07, 6.45) is 3.42. The standard InChI is InChI=1S/C14H11NO2/c16-9-12-11-3-1-2-4-13(11)17-14(12)10-5-7-15-8-6-10/h1-8,16H,9H2. The van der Waals surface area contributed by atoms with Gasteiger partial charge in [-0.2, -0.15) is 0 Å². The predicted molar refractivity (Wildman–Crippen MR) is 65.4 cm³/mol. The van der Waals surface area contributed by atoms with Gasteiger partial charge in [0.2, 0.25) is 0 Å². The summed E-state index contributed by atoms with van der Waals surface area (Å²) < 4.78 is 5.79. The van der Waals surface area contributed by atoms with E-state index in [2.05, 4.69) is 4.98 Å². The highest BCUT2D eigenvalue weighted by Gasteiger charge is 2.14. The van der Waals surface area contributed by atoms with Crippen LogP contribution in [0.1, 0.15) is 5.56 Å². The molecular formula is C14H11NO2. The van der Waals surface area contributed by atoms with E-state index in [-0.39, 0.29) is 6.61 Å². The Bertz CT molecular complexity index is 644. The van der Waals surface area contributed by atoms with Gasteiger partial charge in [-0.15, -0.1) is 0 Å². The first-order chi connectivity index (χ1) is 8.40. The monoisotopic (exact) mass is 225 g/mol. The van der Waals surface area contributed by atoms with Crippen molar-refractivity contribution in [2.24, 2.45) is 0 Å². The molecule has 0 aliphatic heterocycles. The van der Waals surface area contributed by atoms with E-state index < -0.39 is 0 Å². The van der Waals surface area contributed by atoms with Gasteiger partial charge < -0.3 is 9.52 Å². The molecule has 0 radical (unpaired) electrons. The number of aliphatic hydroxyl groups is 1. The van der Waals surface area contributed by atoms with Crippen molar-refractivity contribution in [3.8, 4) is 11.3 Å². The van der Waals surface area contributed by atoms with Crippen molar-refractivity contribution in [2.45, 2.75) is 6.61 Å². The van der Waals surface area contributed by atoms with E-state index in [0.29, 0.717) is 0 Å². The minimum absolute atomic E-state index is 0.0331. The highest BCUT2D eigenvalue weighted by molar-refractivity contribution is 5.87. The molecule has 3 heteroatoms. The Morgan fingerprint density at radius 2 is 1.82 bits per heavy atom. The molecule has 1 aromatic carbocycles. The number of hydrogen-bond acceptors (Lipinski definition) is 3. The number of hydrogen-bond donors (Lipinski definition) is 1. The SMILES string of the molecule is OCc1c(-c2ccncc2)oc2ccccc12. The minimum Gasteiger partial charge on any atom is -0.456 e. The Morgan fingerprint density at radius 3 is 2.59 bits per heavy atom. The lowest BCUT2D eigenvalue weighted by Crippen LogP contribution is -1.85. The van der Waals surface area contributed by atoms with Gasteiger partial charge in [-0.1, -0.05) is 18.2 Å². The fourth-order valence-corrected chi connectivity index (χ4v) is 1.99. The molecule has 0 atom stereocenters. The summed E-state index contributed by atoms with van der Waals surface area (Å²) in [6, 6.07) is 11.5. The van der Waals surface area contributed by atoms with E-state index >= 15 is 0 Å². The van der Waals surface area contributed by atoms with Crippen LogP contribution < -0.4 is 0 Å². The van der Waals surface area contributed by atoms with Gasteiger partial charge in [-0.3, -0.25) is 4.98 Å². The molecule has 2 aromatic heterocycles. The number of aromatic nitrogens is 1. The van der Waals surface area contributed by atoms with E-state index in [1.807, 2.05) is 36.4 Å². The molecule has 0 saturated carbocycles. The molecular weight excluding hydrogens is 214 g/mol. The summed E-state index contributed by atoms with van der Waals surface area (Å²) >= 11 is 0. The summed E-state index contributed by atoms with van der Waals surface area (Å²) in [5.41, 5.74) is 2.55. The van der Waals surface area contributed by atoms with Crippen molar-refractivity contribution < 1.29 is 9.52 Å². The van der Waals surface area contributed by atoms with Crippen molar-refractivity contribution in [2.75, 3.05) is 0 Å². The number of nitrogens with zero attached hydrogens (tertiary/aromatic N) is 1. The maximum absolute atomic E-state index is 9.49. The molecule has 3 aromatic rings. The summed E-state index contributed by atoms with van der Waals surface area (Å²) in [6.45, 7) is -0.0331. The first kappa shape index (κ1) is 10.1. The minimum atomic E-state index is -0.0331. The van der Waals surface area contributed by atoms with Crippen LogP contribution in [0.3, 0.4) is 0 Å². The van der Waals surface area contributed by atoms with E-state index in [1.54, 1.807) is 12.4 Å². The average Bonchev–Trinajstić information content (AvgIpc) is 2.78. The summed E-state index contributed by atoms with van der Waals surface area (Å²) in [7, 11) is 0. The van der Waals surface area contributed by atoms with Gasteiger partial charge in [0.1, 0.15) is 11.3 Å². The van der Waals surface area contributed by atoms with Crippen molar-refractivity contribution in [1.82, 2.24) is 4.98 Å². The quantitative estimate of drug-likeness (QED) is 0.729. The number of fused-ring (bicyclic) bond motifs is 1. The van der Waals surface area contributed by atoms with Gasteiger partial charge in [-0.25, -0.2) is 0 Å². The van der Waals surface area contributed by atoms with Crippen molar-refractivity contribution in [3.63, 3.8) is 0 Å². The second kappa shape index (κ2) is 4.03. The molecule has 0 amide bonds. The van der Waals surface area contributed by atoms with Gasteiger partial charge in [0.25, 0.3) is 0 Å². The number of aliphatic hydroxyl groups excluding tert-OH is 1. The van der Waals surface area contributed by atoms with Gasteiger partial charge in [0.05, 0.1) is 6.61 Å². The zero-order chi connectivity index (χ0) is 11.7. The molecule has 17 heavy (non-hydrogen) atoms. The Balaban J connectivity index is 2.30. The Hall–Kier alpha value is -2.13. The Labute approximate surface area is 98.3 Å². The number of para-hydroxylation sites is 1. The van der Waals surface area contributed by atoms with Crippen LogP contribution in [0.15, 0.2) is 53.2 Å². The normalized spacial score (nSPS) is 10.9. The molecule has 0 bridgehead atoms. The lowest BCUT2D eigenvalue weighted by atomic mass is 10.1. The molecule has 0 aliphatic rings. The molecule has 0 fully saturated rings. The molecule has 0 spiro atoms. The predicted octanol–water partition coefficient (Wildman–Crippen LogP) is 2.99. The molecule has 84 valence electrons. The summed E-state index contributed by atoms with van der Waals surface area (Å²) in [5.74, 6) is 0.719. The van der Waals surface area contributed by atoms with Crippen LogP contribution in [0.25, 0.3) is 22.3 Å². The molecule has 0 saturated heterocycles. The summed E-state index contributed by atoms with van der Waals surface area (Å²) in [4.78, 5) is 3.98. The lowest BCUT2D eigenvalue weighted by Gasteiger charge is -1.98. The molecule has 1 N–H and O–H groups in total. The van der Waals surface area contributed by atoms with Gasteiger partial charge in [0, 0.05) is 28.9 Å². The van der Waals surface area contributed by atoms with E-state index in [0.717, 1.165) is 27.9 Å². The number of benzene rings is 1. The Morgan fingerprint density at radius 1 is 1.06 bits per heavy atom. The maximum atomic E-state index is 9.49. The third-order valence-corrected chi connectivity index (χ3v) is 2.80. The summed E-state index contributed by atoms with van der Waals surface area (Å²) in [5, 5.41) is 10.5. The first-order valence-electron chi connectivity index (χ1n) is 5.42. The Kier molecular flexibility index (Phi) is 2.38. The fourth-order valence-electron chi connectivity index (χ4n) is 1.99. The third kappa shape index (κ3) is 1.61. The average molecular weight is 225 g/mol. The molecule has 3 nitrogen and oxygen atoms in total. The van der Waals surface area contributed by atoms with E-state index in [4.69, 9.17) is 4.42 Å². The van der Waals surface area contributed by atoms with Gasteiger partial charge >= 0.3 is 0 Å². The molecule has 3 rings (SSSR count). The molecule has 0 aliphatic carbocycles. The van der Waals surface area contributed by atoms with Crippen LogP contribution in [-0.2, 0) is 6.61 Å². The maximum Gasteiger partial charge on any atom is 0.141 e. The number of furan rings is 1. The first-order valence-corrected chi connectivity index (χ1v) is 5.42. The zero-order valence-electron chi connectivity index (χ0n) is 9.13. The van der Waals surface area contributed by atoms with Crippen LogP contribution in [0.2, 0.25) is 0 Å². The van der Waals surface area contributed by atoms with Crippen molar-refractivity contribution in [3.05, 3.63) is 54.4 Å². The largest absolute Gasteiger partial charge is 0.456 e. The smallest absolute Gasteiger partial charge is 0.141 e. The zero-order valence-corrected chi connectivity index (χ0v) is 9.13. The molecule has 2 heterocycles. The molecule has 0 unspecified atom stereocenters. The topological polar surface area (TPSA) is 46.3 Å². The van der Waals surface area contributed by atoms with Crippen LogP contribution in [0.4, 0.5) is 0 Å². The van der Waals surface area contributed by atoms with Crippen molar-refractivity contribution in [1.29, 1.82) is 0 Å².